The van der Waals surface area contributed by atoms with Gasteiger partial charge in [-0.1, -0.05) is 18.2 Å². The number of carbonyl (C=O) groups is 1. The van der Waals surface area contributed by atoms with E-state index in [1.165, 1.54) is 0 Å². The van der Waals surface area contributed by atoms with Gasteiger partial charge in [0.25, 0.3) is 0 Å². The lowest BCUT2D eigenvalue weighted by Crippen LogP contribution is -2.57. The third-order valence-corrected chi connectivity index (χ3v) is 10.2. The highest BCUT2D eigenvalue weighted by molar-refractivity contribution is 7.92. The van der Waals surface area contributed by atoms with Gasteiger partial charge in [0.05, 0.1) is 27.8 Å². The summed E-state index contributed by atoms with van der Waals surface area (Å²) in [5, 5.41) is 4.73. The minimum Gasteiger partial charge on any atom is -0.382 e. The molecule has 184 valence electrons. The molecule has 2 heterocycles. The van der Waals surface area contributed by atoms with Crippen LogP contribution in [0.5, 0.6) is 0 Å². The van der Waals surface area contributed by atoms with Crippen molar-refractivity contribution in [2.45, 2.75) is 60.3 Å². The van der Waals surface area contributed by atoms with Crippen molar-refractivity contribution in [1.29, 1.82) is 0 Å². The lowest BCUT2D eigenvalue weighted by molar-refractivity contribution is -0.169. The monoisotopic (exact) mass is 494 g/mol. The minimum absolute atomic E-state index is 0.0685. The van der Waals surface area contributed by atoms with Gasteiger partial charge < -0.3 is 15.4 Å². The second-order valence-corrected chi connectivity index (χ2v) is 12.5. The second kappa shape index (κ2) is 8.06. The van der Waals surface area contributed by atoms with E-state index >= 15 is 0 Å². The Morgan fingerprint density at radius 3 is 2.40 bits per heavy atom. The number of carbonyl (C=O) groups excluding carboxylic acids is 1. The predicted octanol–water partition coefficient (Wildman–Crippen LogP) is 3.30. The summed E-state index contributed by atoms with van der Waals surface area (Å²) in [6.45, 7) is 0.719. The molecular weight excluding hydrogens is 464 g/mol. The number of amides is 1. The van der Waals surface area contributed by atoms with Gasteiger partial charge in [-0.2, -0.15) is 5.10 Å². The van der Waals surface area contributed by atoms with Crippen LogP contribution in [0.1, 0.15) is 38.5 Å². The maximum absolute atomic E-state index is 13.4. The Morgan fingerprint density at radius 1 is 1.03 bits per heavy atom. The zero-order valence-electron chi connectivity index (χ0n) is 19.8. The Kier molecular flexibility index (Phi) is 5.19. The minimum atomic E-state index is -3.45. The van der Waals surface area contributed by atoms with Crippen molar-refractivity contribution in [2.24, 2.45) is 7.05 Å². The topological polar surface area (TPSA) is 108 Å². The number of aryl methyl sites for hydroxylation is 1. The van der Waals surface area contributed by atoms with Crippen LogP contribution >= 0.6 is 0 Å². The highest BCUT2D eigenvalue weighted by Gasteiger charge is 2.48. The first-order valence-electron chi connectivity index (χ1n) is 12.3. The molecule has 2 saturated carbocycles. The molecule has 0 unspecified atom stereocenters. The number of ether oxygens (including phenoxy) is 1. The molecule has 3 fully saturated rings. The summed E-state index contributed by atoms with van der Waals surface area (Å²) < 4.78 is 34.6. The molecule has 0 atom stereocenters. The van der Waals surface area contributed by atoms with E-state index in [9.17, 15) is 13.2 Å². The Morgan fingerprint density at radius 2 is 1.71 bits per heavy atom. The molecule has 3 aliphatic rings. The molecule has 1 spiro atoms. The van der Waals surface area contributed by atoms with E-state index in [1.54, 1.807) is 16.8 Å². The Labute approximate surface area is 205 Å². The van der Waals surface area contributed by atoms with Gasteiger partial charge in [-0.05, 0) is 73.9 Å². The maximum atomic E-state index is 13.4. The molecule has 8 nitrogen and oxygen atoms in total. The Hall–Kier alpha value is -2.91. The number of rotatable bonds is 4. The maximum Gasteiger partial charge on any atom is 0.248 e. The molecule has 2 N–H and O–H groups in total. The van der Waals surface area contributed by atoms with E-state index in [4.69, 9.17) is 10.5 Å². The van der Waals surface area contributed by atoms with Gasteiger partial charge in [0, 0.05) is 18.5 Å². The molecule has 1 saturated heterocycles. The fourth-order valence-corrected chi connectivity index (χ4v) is 7.44. The molecule has 1 aromatic heterocycles. The number of anilines is 1. The lowest BCUT2D eigenvalue weighted by Gasteiger charge is -2.46. The quantitative estimate of drug-likeness (QED) is 0.596. The van der Waals surface area contributed by atoms with E-state index in [0.29, 0.717) is 49.0 Å². The van der Waals surface area contributed by atoms with Gasteiger partial charge >= 0.3 is 0 Å². The number of sulfone groups is 1. The first kappa shape index (κ1) is 22.5. The van der Waals surface area contributed by atoms with Crippen molar-refractivity contribution < 1.29 is 17.9 Å². The number of aromatic nitrogens is 2. The third-order valence-electron chi connectivity index (χ3n) is 7.95. The normalized spacial score (nSPS) is 25.5. The van der Waals surface area contributed by atoms with Gasteiger partial charge in [-0.25, -0.2) is 8.42 Å². The molecule has 0 radical (unpaired) electrons. The molecule has 2 aliphatic carbocycles. The number of benzene rings is 2. The summed E-state index contributed by atoms with van der Waals surface area (Å²) in [5.41, 5.74) is 8.42. The zero-order chi connectivity index (χ0) is 24.4. The first-order chi connectivity index (χ1) is 16.8. The van der Waals surface area contributed by atoms with Crippen molar-refractivity contribution in [2.75, 3.05) is 18.9 Å². The second-order valence-electron chi connectivity index (χ2n) is 10.2. The number of nitrogens with zero attached hydrogens (tertiary/aromatic N) is 3. The van der Waals surface area contributed by atoms with Crippen molar-refractivity contribution in [3.63, 3.8) is 0 Å². The van der Waals surface area contributed by atoms with Crippen molar-refractivity contribution in [3.8, 4) is 11.1 Å². The molecule has 35 heavy (non-hydrogen) atoms. The standard InChI is InChI=1S/C26H30N4O4S/c1-29-23-14-18(4-9-22(23)25(27)28-29)17-2-7-20(8-3-17)35(32,33)21-10-12-26(13-11-21)16-30(19-5-6-19)24(31)15-34-26/h2-4,7-9,14,19,21H,5-6,10-13,15-16H2,1H3,(H2,27,28). The molecule has 3 aromatic rings. The Balaban J connectivity index is 1.17. The molecule has 1 aliphatic heterocycles. The number of morpholine rings is 1. The van der Waals surface area contributed by atoms with Crippen LogP contribution in [0.25, 0.3) is 22.0 Å². The molecule has 9 heteroatoms. The van der Waals surface area contributed by atoms with Crippen LogP contribution in [0, 0.1) is 0 Å². The lowest BCUT2D eigenvalue weighted by atomic mass is 9.83. The van der Waals surface area contributed by atoms with Crippen molar-refractivity contribution >= 4 is 32.5 Å². The summed E-state index contributed by atoms with van der Waals surface area (Å²) in [7, 11) is -1.60. The number of nitrogen functional groups attached to an aromatic ring is 1. The number of hydrogen-bond donors (Lipinski definition) is 1. The molecule has 1 amide bonds. The van der Waals surface area contributed by atoms with Crippen molar-refractivity contribution in [1.82, 2.24) is 14.7 Å². The van der Waals surface area contributed by atoms with Gasteiger partial charge in [0.1, 0.15) is 6.61 Å². The largest absolute Gasteiger partial charge is 0.382 e. The first-order valence-corrected chi connectivity index (χ1v) is 13.8. The van der Waals surface area contributed by atoms with Crippen LogP contribution in [-0.4, -0.2) is 59.0 Å². The summed E-state index contributed by atoms with van der Waals surface area (Å²) in [6, 6.07) is 13.4. The van der Waals surface area contributed by atoms with Gasteiger partial charge in [0.2, 0.25) is 5.91 Å². The highest BCUT2D eigenvalue weighted by Crippen LogP contribution is 2.41. The van der Waals surface area contributed by atoms with E-state index in [1.807, 2.05) is 42.3 Å². The van der Waals surface area contributed by atoms with E-state index < -0.39 is 15.1 Å². The van der Waals surface area contributed by atoms with Gasteiger partial charge in [-0.3, -0.25) is 9.48 Å². The zero-order valence-corrected chi connectivity index (χ0v) is 20.6. The third kappa shape index (κ3) is 3.90. The van der Waals surface area contributed by atoms with Crippen LogP contribution in [0.2, 0.25) is 0 Å². The number of nitrogens with two attached hydrogens (primary N) is 1. The van der Waals surface area contributed by atoms with Gasteiger partial charge in [-0.15, -0.1) is 0 Å². The smallest absolute Gasteiger partial charge is 0.248 e. The summed E-state index contributed by atoms with van der Waals surface area (Å²) >= 11 is 0. The summed E-state index contributed by atoms with van der Waals surface area (Å²) in [5.74, 6) is 0.564. The molecule has 2 aromatic carbocycles. The summed E-state index contributed by atoms with van der Waals surface area (Å²) in [6.07, 6.45) is 4.57. The van der Waals surface area contributed by atoms with E-state index in [2.05, 4.69) is 5.10 Å². The number of hydrogen-bond acceptors (Lipinski definition) is 6. The SMILES string of the molecule is Cn1nc(N)c2ccc(-c3ccc(S(=O)(=O)C4CCC5(CC4)CN(C4CC4)C(=O)CO5)cc3)cc21. The average molecular weight is 495 g/mol. The van der Waals surface area contributed by atoms with Crippen LogP contribution < -0.4 is 5.73 Å². The van der Waals surface area contributed by atoms with Crippen LogP contribution in [0.3, 0.4) is 0 Å². The van der Waals surface area contributed by atoms with Crippen molar-refractivity contribution in [3.05, 3.63) is 42.5 Å². The summed E-state index contributed by atoms with van der Waals surface area (Å²) in [4.78, 5) is 14.5. The van der Waals surface area contributed by atoms with E-state index in [0.717, 1.165) is 34.9 Å². The fraction of sp³-hybridized carbons (Fsp3) is 0.462. The van der Waals surface area contributed by atoms with Crippen LogP contribution in [0.15, 0.2) is 47.4 Å². The Bertz CT molecular complexity index is 1400. The molecule has 6 rings (SSSR count). The number of fused-ring (bicyclic) bond motifs is 1. The average Bonchev–Trinajstić information content (AvgIpc) is 3.67. The van der Waals surface area contributed by atoms with Crippen LogP contribution in [-0.2, 0) is 26.4 Å². The van der Waals surface area contributed by atoms with Crippen LogP contribution in [0.4, 0.5) is 5.82 Å². The van der Waals surface area contributed by atoms with Gasteiger partial charge in [0.15, 0.2) is 15.7 Å². The predicted molar refractivity (Wildman–Crippen MR) is 133 cm³/mol. The molecule has 0 bridgehead atoms. The van der Waals surface area contributed by atoms with E-state index in [-0.39, 0.29) is 18.1 Å². The fourth-order valence-electron chi connectivity index (χ4n) is 5.69. The highest BCUT2D eigenvalue weighted by atomic mass is 32.2. The molecular formula is C26H30N4O4S.